The number of halogens is 1. The third kappa shape index (κ3) is 2.93. The highest BCUT2D eigenvalue weighted by molar-refractivity contribution is 7.98. The van der Waals surface area contributed by atoms with Crippen molar-refractivity contribution < 1.29 is 9.53 Å². The molecule has 0 amide bonds. The first kappa shape index (κ1) is 16.6. The molecule has 2 aromatic rings. The fraction of sp³-hybridized carbons (Fsp3) is 0.316. The Bertz CT molecular complexity index is 739. The van der Waals surface area contributed by atoms with Crippen LogP contribution in [0.3, 0.4) is 0 Å². The normalized spacial score (nSPS) is 23.2. The second-order valence-electron chi connectivity index (χ2n) is 6.28. The molecule has 1 unspecified atom stereocenters. The van der Waals surface area contributed by atoms with Crippen molar-refractivity contribution in [3.63, 3.8) is 0 Å². The molecule has 0 N–H and O–H groups in total. The van der Waals surface area contributed by atoms with Crippen LogP contribution in [0, 0.1) is 0 Å². The maximum absolute atomic E-state index is 12.5. The van der Waals surface area contributed by atoms with E-state index in [-0.39, 0.29) is 5.78 Å². The Morgan fingerprint density at radius 3 is 2.30 bits per heavy atom. The molecule has 4 heteroatoms. The number of thioether (sulfide) groups is 1. The van der Waals surface area contributed by atoms with E-state index in [0.717, 1.165) is 11.1 Å². The summed E-state index contributed by atoms with van der Waals surface area (Å²) in [6.45, 7) is 3.66. The first-order valence-electron chi connectivity index (χ1n) is 7.51. The molecule has 1 heterocycles. The van der Waals surface area contributed by atoms with Crippen LogP contribution in [0.4, 0.5) is 0 Å². The molecular formula is C19H19ClO2S. The third-order valence-electron chi connectivity index (χ3n) is 4.36. The van der Waals surface area contributed by atoms with Crippen LogP contribution in [0.2, 0.25) is 5.02 Å². The first-order chi connectivity index (χ1) is 10.9. The quantitative estimate of drug-likeness (QED) is 0.725. The van der Waals surface area contributed by atoms with Crippen molar-refractivity contribution in [2.75, 3.05) is 6.26 Å². The summed E-state index contributed by atoms with van der Waals surface area (Å²) in [5.41, 5.74) is 0.320. The molecule has 1 aliphatic rings. The Labute approximate surface area is 146 Å². The van der Waals surface area contributed by atoms with Crippen molar-refractivity contribution in [1.29, 1.82) is 0 Å². The zero-order valence-electron chi connectivity index (χ0n) is 13.4. The molecule has 0 bridgehead atoms. The SMILES string of the molecule is CSc1ccc(C2(c3cccc(Cl)c3)CC(=O)C(C)(C)O2)cc1. The van der Waals surface area contributed by atoms with Crippen molar-refractivity contribution in [3.8, 4) is 0 Å². The summed E-state index contributed by atoms with van der Waals surface area (Å²) >= 11 is 7.87. The number of carbonyl (C=O) groups is 1. The van der Waals surface area contributed by atoms with Crippen LogP contribution in [0.25, 0.3) is 0 Å². The van der Waals surface area contributed by atoms with E-state index >= 15 is 0 Å². The molecule has 1 atom stereocenters. The molecule has 3 rings (SSSR count). The molecule has 2 nitrogen and oxygen atoms in total. The second kappa shape index (κ2) is 5.97. The molecule has 1 aliphatic heterocycles. The van der Waals surface area contributed by atoms with Gasteiger partial charge in [0.2, 0.25) is 0 Å². The highest BCUT2D eigenvalue weighted by Crippen LogP contribution is 2.47. The van der Waals surface area contributed by atoms with Crippen molar-refractivity contribution in [3.05, 3.63) is 64.7 Å². The third-order valence-corrected chi connectivity index (χ3v) is 5.34. The smallest absolute Gasteiger partial charge is 0.167 e. The molecule has 1 saturated heterocycles. The molecular weight excluding hydrogens is 328 g/mol. The molecule has 0 aliphatic carbocycles. The summed E-state index contributed by atoms with van der Waals surface area (Å²) in [6.07, 6.45) is 2.36. The van der Waals surface area contributed by atoms with Crippen LogP contribution < -0.4 is 0 Å². The summed E-state index contributed by atoms with van der Waals surface area (Å²) in [6, 6.07) is 15.8. The van der Waals surface area contributed by atoms with Gasteiger partial charge in [-0.05, 0) is 55.5 Å². The maximum atomic E-state index is 12.5. The molecule has 120 valence electrons. The van der Waals surface area contributed by atoms with E-state index in [1.807, 2.05) is 56.5 Å². The predicted octanol–water partition coefficient (Wildman–Crippen LogP) is 5.07. The molecule has 0 spiro atoms. The Morgan fingerprint density at radius 2 is 1.78 bits per heavy atom. The molecule has 0 radical (unpaired) electrons. The standard InChI is InChI=1S/C19H19ClO2S/c1-18(2)17(21)12-19(22-18,14-5-4-6-15(20)11-14)13-7-9-16(23-3)10-8-13/h4-11H,12H2,1-3H3. The van der Waals surface area contributed by atoms with Gasteiger partial charge in [-0.2, -0.15) is 0 Å². The topological polar surface area (TPSA) is 26.3 Å². The zero-order chi connectivity index (χ0) is 16.7. The number of benzene rings is 2. The summed E-state index contributed by atoms with van der Waals surface area (Å²) < 4.78 is 6.33. The molecule has 0 aromatic heterocycles. The van der Waals surface area contributed by atoms with E-state index in [1.165, 1.54) is 4.90 Å². The van der Waals surface area contributed by atoms with E-state index in [0.29, 0.717) is 11.4 Å². The molecule has 2 aromatic carbocycles. The van der Waals surface area contributed by atoms with Gasteiger partial charge in [0.25, 0.3) is 0 Å². The summed E-state index contributed by atoms with van der Waals surface area (Å²) in [7, 11) is 0. The van der Waals surface area contributed by atoms with Gasteiger partial charge in [0.1, 0.15) is 11.2 Å². The number of ketones is 1. The van der Waals surface area contributed by atoms with E-state index < -0.39 is 11.2 Å². The van der Waals surface area contributed by atoms with Crippen molar-refractivity contribution in [1.82, 2.24) is 0 Å². The van der Waals surface area contributed by atoms with Crippen molar-refractivity contribution >= 4 is 29.1 Å². The number of hydrogen-bond donors (Lipinski definition) is 0. The van der Waals surface area contributed by atoms with Gasteiger partial charge in [-0.25, -0.2) is 0 Å². The molecule has 0 saturated carbocycles. The van der Waals surface area contributed by atoms with Gasteiger partial charge < -0.3 is 4.74 Å². The van der Waals surface area contributed by atoms with E-state index in [1.54, 1.807) is 11.8 Å². The van der Waals surface area contributed by atoms with Gasteiger partial charge in [0.15, 0.2) is 5.78 Å². The molecule has 23 heavy (non-hydrogen) atoms. The van der Waals surface area contributed by atoms with Gasteiger partial charge in [-0.1, -0.05) is 35.9 Å². The lowest BCUT2D eigenvalue weighted by molar-refractivity contribution is -0.132. The zero-order valence-corrected chi connectivity index (χ0v) is 15.0. The summed E-state index contributed by atoms with van der Waals surface area (Å²) in [5.74, 6) is 0.103. The van der Waals surface area contributed by atoms with E-state index in [2.05, 4.69) is 12.1 Å². The average Bonchev–Trinajstić information content (AvgIpc) is 2.78. The lowest BCUT2D eigenvalue weighted by Gasteiger charge is -2.32. The fourth-order valence-corrected chi connectivity index (χ4v) is 3.65. The minimum atomic E-state index is -0.805. The van der Waals surface area contributed by atoms with Gasteiger partial charge >= 0.3 is 0 Å². The molecule has 1 fully saturated rings. The Hall–Kier alpha value is -1.29. The number of Topliss-reactive ketones (excluding diaryl/α,β-unsaturated/α-hetero) is 1. The minimum absolute atomic E-state index is 0.103. The van der Waals surface area contributed by atoms with E-state index in [4.69, 9.17) is 16.3 Å². The van der Waals surface area contributed by atoms with Crippen LogP contribution in [-0.4, -0.2) is 17.6 Å². The van der Waals surface area contributed by atoms with Crippen molar-refractivity contribution in [2.24, 2.45) is 0 Å². The van der Waals surface area contributed by atoms with Crippen molar-refractivity contribution in [2.45, 2.75) is 36.4 Å². The Balaban J connectivity index is 2.16. The largest absolute Gasteiger partial charge is 0.351 e. The Morgan fingerprint density at radius 1 is 1.09 bits per heavy atom. The lowest BCUT2D eigenvalue weighted by Crippen LogP contribution is -2.32. The fourth-order valence-electron chi connectivity index (χ4n) is 3.06. The average molecular weight is 347 g/mol. The van der Waals surface area contributed by atoms with Gasteiger partial charge in [-0.3, -0.25) is 4.79 Å². The Kier molecular flexibility index (Phi) is 4.30. The van der Waals surface area contributed by atoms with Gasteiger partial charge in [0, 0.05) is 16.3 Å². The number of carbonyl (C=O) groups excluding carboxylic acids is 1. The van der Waals surface area contributed by atoms with Crippen LogP contribution in [0.1, 0.15) is 31.4 Å². The monoisotopic (exact) mass is 346 g/mol. The second-order valence-corrected chi connectivity index (χ2v) is 7.59. The lowest BCUT2D eigenvalue weighted by atomic mass is 9.83. The van der Waals surface area contributed by atoms with Crippen LogP contribution in [0.15, 0.2) is 53.4 Å². The van der Waals surface area contributed by atoms with Crippen LogP contribution in [-0.2, 0) is 15.1 Å². The van der Waals surface area contributed by atoms with Crippen LogP contribution >= 0.6 is 23.4 Å². The van der Waals surface area contributed by atoms with Gasteiger partial charge in [0.05, 0.1) is 0 Å². The van der Waals surface area contributed by atoms with Gasteiger partial charge in [-0.15, -0.1) is 11.8 Å². The number of ether oxygens (including phenoxy) is 1. The number of rotatable bonds is 3. The highest BCUT2D eigenvalue weighted by Gasteiger charge is 2.52. The minimum Gasteiger partial charge on any atom is -0.351 e. The first-order valence-corrected chi connectivity index (χ1v) is 9.12. The summed E-state index contributed by atoms with van der Waals surface area (Å²) in [4.78, 5) is 13.7. The van der Waals surface area contributed by atoms with E-state index in [9.17, 15) is 4.79 Å². The highest BCUT2D eigenvalue weighted by atomic mass is 35.5. The summed E-state index contributed by atoms with van der Waals surface area (Å²) in [5, 5.41) is 0.642. The number of hydrogen-bond acceptors (Lipinski definition) is 3. The van der Waals surface area contributed by atoms with Crippen LogP contribution in [0.5, 0.6) is 0 Å². The maximum Gasteiger partial charge on any atom is 0.167 e. The predicted molar refractivity (Wildman–Crippen MR) is 95.2 cm³/mol.